The summed E-state index contributed by atoms with van der Waals surface area (Å²) in [5, 5.41) is 14.3. The summed E-state index contributed by atoms with van der Waals surface area (Å²) in [6.45, 7) is 2.68. The van der Waals surface area contributed by atoms with Crippen LogP contribution in [0.2, 0.25) is 0 Å². The minimum absolute atomic E-state index is 0.0469. The van der Waals surface area contributed by atoms with Gasteiger partial charge in [-0.2, -0.15) is 0 Å². The Morgan fingerprint density at radius 2 is 2.42 bits per heavy atom. The maximum atomic E-state index is 10.7. The first kappa shape index (κ1) is 13.8. The lowest BCUT2D eigenvalue weighted by Gasteiger charge is -2.22. The second-order valence-corrected chi connectivity index (χ2v) is 5.56. The molecule has 102 valence electrons. The summed E-state index contributed by atoms with van der Waals surface area (Å²) in [4.78, 5) is 14.2. The van der Waals surface area contributed by atoms with Gasteiger partial charge < -0.3 is 9.63 Å². The van der Waals surface area contributed by atoms with E-state index < -0.39 is 5.97 Å². The fourth-order valence-electron chi connectivity index (χ4n) is 1.77. The van der Waals surface area contributed by atoms with E-state index in [0.717, 1.165) is 6.42 Å². The van der Waals surface area contributed by atoms with E-state index >= 15 is 0 Å². The van der Waals surface area contributed by atoms with Crippen molar-refractivity contribution in [3.05, 3.63) is 39.9 Å². The van der Waals surface area contributed by atoms with Crippen LogP contribution < -0.4 is 0 Å². The van der Waals surface area contributed by atoms with Gasteiger partial charge in [0.15, 0.2) is 11.5 Å². The maximum absolute atomic E-state index is 10.7. The maximum Gasteiger partial charge on any atom is 0.358 e. The number of carboxylic acids is 1. The van der Waals surface area contributed by atoms with Crippen LogP contribution in [0.25, 0.3) is 0 Å². The predicted octanol–water partition coefficient (Wildman–Crippen LogP) is 2.50. The zero-order valence-electron chi connectivity index (χ0n) is 10.9. The number of carbonyl (C=O) groups is 1. The largest absolute Gasteiger partial charge is 0.476 e. The minimum atomic E-state index is -1.07. The smallest absolute Gasteiger partial charge is 0.358 e. The summed E-state index contributed by atoms with van der Waals surface area (Å²) in [5.74, 6) is -0.498. The molecule has 1 unspecified atom stereocenters. The molecule has 2 rings (SSSR count). The molecular weight excluding hydrogens is 264 g/mol. The van der Waals surface area contributed by atoms with Crippen LogP contribution in [-0.2, 0) is 13.0 Å². The number of rotatable bonds is 6. The summed E-state index contributed by atoms with van der Waals surface area (Å²) in [5.41, 5.74) is -0.0469. The Morgan fingerprint density at radius 3 is 3.00 bits per heavy atom. The van der Waals surface area contributed by atoms with Crippen molar-refractivity contribution in [2.24, 2.45) is 0 Å². The van der Waals surface area contributed by atoms with Crippen LogP contribution >= 0.6 is 11.3 Å². The molecule has 0 aliphatic carbocycles. The lowest BCUT2D eigenvalue weighted by atomic mass is 10.2. The average molecular weight is 280 g/mol. The molecule has 0 saturated heterocycles. The van der Waals surface area contributed by atoms with Gasteiger partial charge in [0.1, 0.15) is 0 Å². The first-order valence-corrected chi connectivity index (χ1v) is 6.85. The molecule has 1 atom stereocenters. The van der Waals surface area contributed by atoms with Gasteiger partial charge in [0, 0.05) is 17.0 Å². The molecular formula is C13H16N2O3S. The highest BCUT2D eigenvalue weighted by Gasteiger charge is 2.15. The van der Waals surface area contributed by atoms with Gasteiger partial charge in [-0.1, -0.05) is 11.2 Å². The zero-order chi connectivity index (χ0) is 13.8. The number of carboxylic acid groups (broad SMARTS) is 1. The quantitative estimate of drug-likeness (QED) is 0.880. The van der Waals surface area contributed by atoms with Crippen molar-refractivity contribution < 1.29 is 14.4 Å². The molecule has 1 N–H and O–H groups in total. The molecule has 0 radical (unpaired) electrons. The molecule has 2 aromatic heterocycles. The van der Waals surface area contributed by atoms with E-state index in [-0.39, 0.29) is 5.69 Å². The van der Waals surface area contributed by atoms with Crippen molar-refractivity contribution in [2.75, 3.05) is 7.05 Å². The van der Waals surface area contributed by atoms with Gasteiger partial charge in [0.05, 0.1) is 6.54 Å². The lowest BCUT2D eigenvalue weighted by Crippen LogP contribution is -2.30. The van der Waals surface area contributed by atoms with Gasteiger partial charge >= 0.3 is 5.97 Å². The Morgan fingerprint density at radius 1 is 1.63 bits per heavy atom. The van der Waals surface area contributed by atoms with E-state index in [2.05, 4.69) is 28.4 Å². The number of nitrogens with zero attached hydrogens (tertiary/aromatic N) is 2. The van der Waals surface area contributed by atoms with Crippen molar-refractivity contribution in [1.82, 2.24) is 10.1 Å². The van der Waals surface area contributed by atoms with Gasteiger partial charge in [-0.25, -0.2) is 4.79 Å². The molecule has 0 fully saturated rings. The van der Waals surface area contributed by atoms with Gasteiger partial charge in [0.25, 0.3) is 0 Å². The highest BCUT2D eigenvalue weighted by atomic mass is 32.1. The molecule has 0 aromatic carbocycles. The highest BCUT2D eigenvalue weighted by molar-refractivity contribution is 7.09. The van der Waals surface area contributed by atoms with Crippen LogP contribution in [0.5, 0.6) is 0 Å². The molecule has 0 saturated carbocycles. The first-order chi connectivity index (χ1) is 9.06. The molecule has 2 heterocycles. The number of aromatic carboxylic acids is 1. The van der Waals surface area contributed by atoms with Crippen molar-refractivity contribution in [3.8, 4) is 0 Å². The summed E-state index contributed by atoms with van der Waals surface area (Å²) in [7, 11) is 1.99. The number of aromatic nitrogens is 1. The lowest BCUT2D eigenvalue weighted by molar-refractivity contribution is 0.0685. The molecule has 6 heteroatoms. The van der Waals surface area contributed by atoms with Crippen LogP contribution in [0.15, 0.2) is 28.1 Å². The van der Waals surface area contributed by atoms with E-state index in [9.17, 15) is 4.79 Å². The van der Waals surface area contributed by atoms with Crippen molar-refractivity contribution in [3.63, 3.8) is 0 Å². The second-order valence-electron chi connectivity index (χ2n) is 4.53. The van der Waals surface area contributed by atoms with Gasteiger partial charge in [-0.3, -0.25) is 4.90 Å². The molecule has 0 spiro atoms. The summed E-state index contributed by atoms with van der Waals surface area (Å²) < 4.78 is 5.01. The van der Waals surface area contributed by atoms with E-state index in [0.29, 0.717) is 18.3 Å². The molecule has 19 heavy (non-hydrogen) atoms. The fourth-order valence-corrected chi connectivity index (χ4v) is 2.59. The number of thiophene rings is 1. The first-order valence-electron chi connectivity index (χ1n) is 5.97. The molecule has 0 bridgehead atoms. The molecule has 0 aliphatic rings. The van der Waals surface area contributed by atoms with Crippen molar-refractivity contribution in [1.29, 1.82) is 0 Å². The summed E-state index contributed by atoms with van der Waals surface area (Å²) in [6.07, 6.45) is 0.966. The fraction of sp³-hybridized carbons (Fsp3) is 0.385. The van der Waals surface area contributed by atoms with E-state index in [4.69, 9.17) is 9.63 Å². The molecule has 0 aliphatic heterocycles. The Hall–Kier alpha value is -1.66. The van der Waals surface area contributed by atoms with Gasteiger partial charge in [0.2, 0.25) is 0 Å². The summed E-state index contributed by atoms with van der Waals surface area (Å²) in [6, 6.07) is 5.97. The Balaban J connectivity index is 1.92. The standard InChI is InChI=1S/C13H16N2O3S/c1-9(6-11-4-3-5-19-11)15(2)8-10-7-12(13(16)17)14-18-10/h3-5,7,9H,6,8H2,1-2H3,(H,16,17). The third-order valence-electron chi connectivity index (χ3n) is 3.01. The molecule has 5 nitrogen and oxygen atoms in total. The minimum Gasteiger partial charge on any atom is -0.476 e. The third-order valence-corrected chi connectivity index (χ3v) is 3.91. The number of likely N-dealkylation sites (N-methyl/N-ethyl adjacent to an activating group) is 1. The van der Waals surface area contributed by atoms with E-state index in [1.54, 1.807) is 11.3 Å². The van der Waals surface area contributed by atoms with Crippen LogP contribution in [0.3, 0.4) is 0 Å². The van der Waals surface area contributed by atoms with E-state index in [1.807, 2.05) is 13.1 Å². The van der Waals surface area contributed by atoms with Crippen LogP contribution in [0, 0.1) is 0 Å². The average Bonchev–Trinajstić information content (AvgIpc) is 2.99. The van der Waals surface area contributed by atoms with Crippen molar-refractivity contribution >= 4 is 17.3 Å². The Labute approximate surface area is 115 Å². The molecule has 0 amide bonds. The number of hydrogen-bond donors (Lipinski definition) is 1. The Bertz CT molecular complexity index is 536. The molecule has 2 aromatic rings. The summed E-state index contributed by atoms with van der Waals surface area (Å²) >= 11 is 1.74. The van der Waals surface area contributed by atoms with Gasteiger partial charge in [-0.15, -0.1) is 11.3 Å². The number of hydrogen-bond acceptors (Lipinski definition) is 5. The van der Waals surface area contributed by atoms with Crippen LogP contribution in [0.4, 0.5) is 0 Å². The van der Waals surface area contributed by atoms with E-state index in [1.165, 1.54) is 10.9 Å². The monoisotopic (exact) mass is 280 g/mol. The SMILES string of the molecule is CC(Cc1cccs1)N(C)Cc1cc(C(=O)O)no1. The predicted molar refractivity (Wildman–Crippen MR) is 72.4 cm³/mol. The van der Waals surface area contributed by atoms with Gasteiger partial charge in [-0.05, 0) is 31.8 Å². The van der Waals surface area contributed by atoms with Crippen LogP contribution in [0.1, 0.15) is 28.0 Å². The zero-order valence-corrected chi connectivity index (χ0v) is 11.7. The topological polar surface area (TPSA) is 66.6 Å². The second kappa shape index (κ2) is 5.99. The van der Waals surface area contributed by atoms with Crippen molar-refractivity contribution in [2.45, 2.75) is 25.9 Å². The normalized spacial score (nSPS) is 12.8. The highest BCUT2D eigenvalue weighted by Crippen LogP contribution is 2.15. The Kier molecular flexibility index (Phi) is 4.34. The van der Waals surface area contributed by atoms with Crippen LogP contribution in [-0.4, -0.2) is 34.2 Å². The third kappa shape index (κ3) is 3.65.